The molecule has 0 aromatic heterocycles. The van der Waals surface area contributed by atoms with Crippen LogP contribution in [0, 0.1) is 0 Å². The normalized spacial score (nSPS) is 21.0. The molecule has 2 aliphatic rings. The summed E-state index contributed by atoms with van der Waals surface area (Å²) in [5.41, 5.74) is 1.69. The Hall–Kier alpha value is -2.80. The lowest BCUT2D eigenvalue weighted by atomic mass is 10.2. The van der Waals surface area contributed by atoms with Crippen LogP contribution in [0.2, 0.25) is 0 Å². The number of nitrogens with one attached hydrogen (secondary N) is 1. The number of para-hydroxylation sites is 1. The smallest absolute Gasteiger partial charge is 0.344 e. The first kappa shape index (κ1) is 18.6. The summed E-state index contributed by atoms with van der Waals surface area (Å²) in [5.74, 6) is -1.03. The zero-order chi connectivity index (χ0) is 19.7. The molecule has 0 aliphatic carbocycles. The highest BCUT2D eigenvalue weighted by Gasteiger charge is 2.58. The number of esters is 1. The Morgan fingerprint density at radius 3 is 2.68 bits per heavy atom. The zero-order valence-electron chi connectivity index (χ0n) is 15.4. The van der Waals surface area contributed by atoms with Crippen LogP contribution in [0.3, 0.4) is 0 Å². The molecule has 2 aliphatic heterocycles. The SMILES string of the molecule is C[C@@H](OC(=O)[C@]12CCC(=O)N1c1ccccc1S2)C(=O)NCc1ccccc1. The molecule has 6 nitrogen and oxygen atoms in total. The number of hydrogen-bond donors (Lipinski definition) is 1. The average molecular weight is 396 g/mol. The highest BCUT2D eigenvalue weighted by molar-refractivity contribution is 8.02. The fraction of sp³-hybridized carbons (Fsp3) is 0.286. The molecule has 1 saturated heterocycles. The summed E-state index contributed by atoms with van der Waals surface area (Å²) in [6.45, 7) is 1.90. The summed E-state index contributed by atoms with van der Waals surface area (Å²) >= 11 is 1.33. The summed E-state index contributed by atoms with van der Waals surface area (Å²) in [6.07, 6.45) is -0.305. The Bertz CT molecular complexity index is 933. The Labute approximate surface area is 167 Å². The molecule has 0 spiro atoms. The van der Waals surface area contributed by atoms with Gasteiger partial charge in [0.15, 0.2) is 11.0 Å². The lowest BCUT2D eigenvalue weighted by Gasteiger charge is -2.29. The van der Waals surface area contributed by atoms with Gasteiger partial charge in [0.25, 0.3) is 5.91 Å². The van der Waals surface area contributed by atoms with Gasteiger partial charge in [0, 0.05) is 24.3 Å². The molecule has 144 valence electrons. The van der Waals surface area contributed by atoms with Gasteiger partial charge in [-0.2, -0.15) is 0 Å². The Kier molecular flexibility index (Phi) is 4.85. The second-order valence-electron chi connectivity index (χ2n) is 6.83. The quantitative estimate of drug-likeness (QED) is 0.787. The summed E-state index contributed by atoms with van der Waals surface area (Å²) in [5, 5.41) is 2.77. The van der Waals surface area contributed by atoms with E-state index in [1.165, 1.54) is 16.7 Å². The third-order valence-corrected chi connectivity index (χ3v) is 6.41. The van der Waals surface area contributed by atoms with E-state index in [2.05, 4.69) is 5.32 Å². The minimum atomic E-state index is -1.12. The average Bonchev–Trinajstić information content (AvgIpc) is 3.22. The number of ether oxygens (including phenoxy) is 1. The minimum Gasteiger partial charge on any atom is -0.450 e. The van der Waals surface area contributed by atoms with E-state index in [0.29, 0.717) is 13.0 Å². The minimum absolute atomic E-state index is 0.101. The molecule has 1 fully saturated rings. The lowest BCUT2D eigenvalue weighted by Crippen LogP contribution is -2.50. The van der Waals surface area contributed by atoms with E-state index in [4.69, 9.17) is 4.74 Å². The van der Waals surface area contributed by atoms with Crippen molar-refractivity contribution in [3.63, 3.8) is 0 Å². The van der Waals surface area contributed by atoms with Crippen LogP contribution >= 0.6 is 11.8 Å². The molecule has 4 rings (SSSR count). The first-order valence-electron chi connectivity index (χ1n) is 9.15. The molecule has 1 N–H and O–H groups in total. The fourth-order valence-corrected chi connectivity index (χ4v) is 4.91. The summed E-state index contributed by atoms with van der Waals surface area (Å²) in [4.78, 5) is 39.1. The predicted octanol–water partition coefficient (Wildman–Crippen LogP) is 2.86. The largest absolute Gasteiger partial charge is 0.450 e. The van der Waals surface area contributed by atoms with Crippen molar-refractivity contribution in [2.45, 2.75) is 42.2 Å². The number of thioether (sulfide) groups is 1. The molecule has 7 heteroatoms. The molecule has 0 bridgehead atoms. The van der Waals surface area contributed by atoms with E-state index in [0.717, 1.165) is 16.1 Å². The van der Waals surface area contributed by atoms with Gasteiger partial charge in [-0.05, 0) is 24.6 Å². The third kappa shape index (κ3) is 3.16. The molecular formula is C21H20N2O4S. The van der Waals surface area contributed by atoms with Crippen molar-refractivity contribution >= 4 is 35.2 Å². The topological polar surface area (TPSA) is 75.7 Å². The molecule has 0 saturated carbocycles. The number of fused-ring (bicyclic) bond motifs is 3. The summed E-state index contributed by atoms with van der Waals surface area (Å²) in [6, 6.07) is 16.9. The van der Waals surface area contributed by atoms with Crippen LogP contribution in [-0.4, -0.2) is 28.8 Å². The molecular weight excluding hydrogens is 376 g/mol. The number of hydrogen-bond acceptors (Lipinski definition) is 5. The molecule has 2 atom stereocenters. The molecule has 2 aromatic carbocycles. The fourth-order valence-electron chi connectivity index (χ4n) is 3.51. The molecule has 2 heterocycles. The highest BCUT2D eigenvalue weighted by atomic mass is 32.2. The number of nitrogens with zero attached hydrogens (tertiary/aromatic N) is 1. The van der Waals surface area contributed by atoms with Crippen molar-refractivity contribution in [3.8, 4) is 0 Å². The van der Waals surface area contributed by atoms with E-state index >= 15 is 0 Å². The molecule has 0 unspecified atom stereocenters. The van der Waals surface area contributed by atoms with Gasteiger partial charge in [0.05, 0.1) is 5.69 Å². The van der Waals surface area contributed by atoms with Gasteiger partial charge in [0.2, 0.25) is 5.91 Å². The van der Waals surface area contributed by atoms with Crippen molar-refractivity contribution in [3.05, 3.63) is 60.2 Å². The van der Waals surface area contributed by atoms with Crippen LogP contribution in [0.1, 0.15) is 25.3 Å². The number of rotatable bonds is 5. The van der Waals surface area contributed by atoms with Crippen molar-refractivity contribution in [1.82, 2.24) is 5.32 Å². The molecule has 0 radical (unpaired) electrons. The Morgan fingerprint density at radius 1 is 1.18 bits per heavy atom. The van der Waals surface area contributed by atoms with Crippen molar-refractivity contribution in [2.75, 3.05) is 4.90 Å². The Balaban J connectivity index is 1.44. The third-order valence-electron chi connectivity index (χ3n) is 4.95. The van der Waals surface area contributed by atoms with Crippen LogP contribution in [0.15, 0.2) is 59.5 Å². The number of benzene rings is 2. The lowest BCUT2D eigenvalue weighted by molar-refractivity contribution is -0.157. The van der Waals surface area contributed by atoms with Gasteiger partial charge in [-0.3, -0.25) is 14.5 Å². The van der Waals surface area contributed by atoms with Gasteiger partial charge in [0.1, 0.15) is 0 Å². The predicted molar refractivity (Wildman–Crippen MR) is 106 cm³/mol. The molecule has 2 amide bonds. The number of anilines is 1. The molecule has 2 aromatic rings. The van der Waals surface area contributed by atoms with E-state index < -0.39 is 16.9 Å². The van der Waals surface area contributed by atoms with Gasteiger partial charge in [-0.15, -0.1) is 0 Å². The first-order valence-corrected chi connectivity index (χ1v) is 9.97. The van der Waals surface area contributed by atoms with Crippen LogP contribution in [0.4, 0.5) is 5.69 Å². The van der Waals surface area contributed by atoms with E-state index in [1.807, 2.05) is 54.6 Å². The second-order valence-corrected chi connectivity index (χ2v) is 8.15. The van der Waals surface area contributed by atoms with Crippen molar-refractivity contribution < 1.29 is 19.1 Å². The first-order chi connectivity index (χ1) is 13.5. The van der Waals surface area contributed by atoms with Crippen molar-refractivity contribution in [2.24, 2.45) is 0 Å². The van der Waals surface area contributed by atoms with Crippen LogP contribution in [0.25, 0.3) is 0 Å². The standard InChI is InChI=1S/C21H20N2O4S/c1-14(19(25)22-13-15-7-3-2-4-8-15)27-20(26)21-12-11-18(24)23(21)16-9-5-6-10-17(16)28-21/h2-10,14H,11-13H2,1H3,(H,22,25)/t14-,21-/m1/s1. The van der Waals surface area contributed by atoms with Gasteiger partial charge < -0.3 is 10.1 Å². The number of carbonyl (C=O) groups excluding carboxylic acids is 3. The number of amides is 2. The van der Waals surface area contributed by atoms with Gasteiger partial charge in [-0.1, -0.05) is 54.2 Å². The zero-order valence-corrected chi connectivity index (χ0v) is 16.2. The highest BCUT2D eigenvalue weighted by Crippen LogP contribution is 2.56. The maximum absolute atomic E-state index is 13.0. The summed E-state index contributed by atoms with van der Waals surface area (Å²) < 4.78 is 5.50. The van der Waals surface area contributed by atoms with E-state index in [1.54, 1.807) is 6.92 Å². The summed E-state index contributed by atoms with van der Waals surface area (Å²) in [7, 11) is 0. The van der Waals surface area contributed by atoms with E-state index in [9.17, 15) is 14.4 Å². The maximum atomic E-state index is 13.0. The van der Waals surface area contributed by atoms with Gasteiger partial charge in [-0.25, -0.2) is 4.79 Å². The maximum Gasteiger partial charge on any atom is 0.344 e. The van der Waals surface area contributed by atoms with Crippen LogP contribution in [0.5, 0.6) is 0 Å². The van der Waals surface area contributed by atoms with Crippen molar-refractivity contribution in [1.29, 1.82) is 0 Å². The number of carbonyl (C=O) groups is 3. The van der Waals surface area contributed by atoms with Gasteiger partial charge >= 0.3 is 5.97 Å². The van der Waals surface area contributed by atoms with Crippen LogP contribution in [-0.2, 0) is 25.7 Å². The molecule has 28 heavy (non-hydrogen) atoms. The second kappa shape index (κ2) is 7.31. The monoisotopic (exact) mass is 396 g/mol. The van der Waals surface area contributed by atoms with E-state index in [-0.39, 0.29) is 18.2 Å². The van der Waals surface area contributed by atoms with Crippen LogP contribution < -0.4 is 10.2 Å². The Morgan fingerprint density at radius 2 is 1.89 bits per heavy atom.